The third kappa shape index (κ3) is 38.1. The zero-order valence-corrected chi connectivity index (χ0v) is 35.6. The summed E-state index contributed by atoms with van der Waals surface area (Å²) in [7, 11) is -4.73. The van der Waals surface area contributed by atoms with E-state index in [1.165, 1.54) is 64.2 Å². The third-order valence-electron chi connectivity index (χ3n) is 8.75. The van der Waals surface area contributed by atoms with Crippen LogP contribution in [0.5, 0.6) is 0 Å². The molecule has 0 saturated carbocycles. The average Bonchev–Trinajstić information content (AvgIpc) is 3.17. The number of carboxylic acids is 1. The number of rotatable bonds is 39. The van der Waals surface area contributed by atoms with Gasteiger partial charge in [0.25, 0.3) is 0 Å². The van der Waals surface area contributed by atoms with Crippen LogP contribution in [0.1, 0.15) is 168 Å². The normalized spacial score (nSPS) is 14.4. The predicted molar refractivity (Wildman–Crippen MR) is 226 cm³/mol. The fraction of sp³-hybridized carbons (Fsp3) is 0.705. The number of ether oxygens (including phenoxy) is 2. The summed E-state index contributed by atoms with van der Waals surface area (Å²) in [6.07, 6.45) is 44.3. The first-order valence-electron chi connectivity index (χ1n) is 21.3. The van der Waals surface area contributed by atoms with Gasteiger partial charge in [-0.25, -0.2) is 4.57 Å². The molecule has 56 heavy (non-hydrogen) atoms. The van der Waals surface area contributed by atoms with Gasteiger partial charge in [-0.15, -0.1) is 0 Å². The van der Waals surface area contributed by atoms with Crippen LogP contribution < -0.4 is 5.73 Å². The molecular formula is C44H76NO10P. The van der Waals surface area contributed by atoms with E-state index in [4.69, 9.17) is 24.8 Å². The highest BCUT2D eigenvalue weighted by Crippen LogP contribution is 2.43. The molecule has 1 unspecified atom stereocenters. The number of nitrogens with two attached hydrogens (primary N) is 1. The molecule has 322 valence electrons. The topological polar surface area (TPSA) is 172 Å². The lowest BCUT2D eigenvalue weighted by Gasteiger charge is -2.20. The van der Waals surface area contributed by atoms with Gasteiger partial charge in [-0.05, 0) is 77.0 Å². The second-order valence-electron chi connectivity index (χ2n) is 14.1. The standard InChI is InChI=1S/C44H76NO10P/c1-3-5-7-9-11-13-15-17-19-20-22-23-25-27-29-31-33-35-42(46)52-37-40(38-53-56(50,51)54-39-41(45)44(48)49)55-43(47)36-34-32-30-28-26-24-21-18-16-14-12-10-8-6-4-2/h6,8,12,14,17-19,21,26,28,40-41H,3-5,7,9-11,13,15-16,20,22-25,27,29-39,45H2,1-2H3,(H,48,49)(H,50,51)/b8-6-,14-12-,19-17-,21-18-,28-26-/t40-,41+/m1/s1. The summed E-state index contributed by atoms with van der Waals surface area (Å²) < 4.78 is 32.6. The minimum absolute atomic E-state index is 0.106. The van der Waals surface area contributed by atoms with Crippen molar-refractivity contribution in [1.29, 1.82) is 0 Å². The second kappa shape index (κ2) is 39.0. The first-order chi connectivity index (χ1) is 27.1. The van der Waals surface area contributed by atoms with Gasteiger partial charge in [0.2, 0.25) is 0 Å². The number of phosphoric acid groups is 1. The van der Waals surface area contributed by atoms with Crippen LogP contribution >= 0.6 is 7.82 Å². The molecule has 0 fully saturated rings. The maximum absolute atomic E-state index is 12.6. The van der Waals surface area contributed by atoms with E-state index in [-0.39, 0.29) is 19.4 Å². The number of esters is 2. The molecule has 0 rings (SSSR count). The highest BCUT2D eigenvalue weighted by atomic mass is 31.2. The number of phosphoric ester groups is 1. The number of aliphatic carboxylic acids is 1. The zero-order chi connectivity index (χ0) is 41.4. The fourth-order valence-corrected chi connectivity index (χ4v) is 6.18. The van der Waals surface area contributed by atoms with E-state index < -0.39 is 51.1 Å². The Balaban J connectivity index is 4.44. The van der Waals surface area contributed by atoms with E-state index in [0.717, 1.165) is 64.2 Å². The molecule has 0 heterocycles. The van der Waals surface area contributed by atoms with E-state index >= 15 is 0 Å². The highest BCUT2D eigenvalue weighted by molar-refractivity contribution is 7.47. The lowest BCUT2D eigenvalue weighted by molar-refractivity contribution is -0.161. The largest absolute Gasteiger partial charge is 0.480 e. The van der Waals surface area contributed by atoms with Crippen molar-refractivity contribution in [2.45, 2.75) is 180 Å². The monoisotopic (exact) mass is 810 g/mol. The average molecular weight is 810 g/mol. The Hall–Kier alpha value is -2.82. The van der Waals surface area contributed by atoms with Gasteiger partial charge in [0, 0.05) is 12.8 Å². The number of carbonyl (C=O) groups excluding carboxylic acids is 2. The van der Waals surface area contributed by atoms with Crippen molar-refractivity contribution in [3.63, 3.8) is 0 Å². The molecule has 11 nitrogen and oxygen atoms in total. The smallest absolute Gasteiger partial charge is 0.472 e. The van der Waals surface area contributed by atoms with Gasteiger partial charge in [0.15, 0.2) is 6.10 Å². The lowest BCUT2D eigenvalue weighted by atomic mass is 10.1. The Morgan fingerprint density at radius 3 is 1.55 bits per heavy atom. The van der Waals surface area contributed by atoms with Gasteiger partial charge >= 0.3 is 25.7 Å². The van der Waals surface area contributed by atoms with Crippen molar-refractivity contribution in [2.24, 2.45) is 5.73 Å². The first-order valence-corrected chi connectivity index (χ1v) is 22.8. The molecule has 0 aromatic carbocycles. The number of hydrogen-bond acceptors (Lipinski definition) is 9. The van der Waals surface area contributed by atoms with E-state index in [9.17, 15) is 23.8 Å². The van der Waals surface area contributed by atoms with Crippen molar-refractivity contribution in [1.82, 2.24) is 0 Å². The highest BCUT2D eigenvalue weighted by Gasteiger charge is 2.28. The fourth-order valence-electron chi connectivity index (χ4n) is 5.40. The van der Waals surface area contributed by atoms with Crippen LogP contribution in [0.15, 0.2) is 60.8 Å². The van der Waals surface area contributed by atoms with Gasteiger partial charge in [-0.3, -0.25) is 23.4 Å². The van der Waals surface area contributed by atoms with Crippen molar-refractivity contribution in [3.05, 3.63) is 60.8 Å². The van der Waals surface area contributed by atoms with Crippen LogP contribution in [0.4, 0.5) is 0 Å². The van der Waals surface area contributed by atoms with E-state index in [1.54, 1.807) is 0 Å². The number of hydrogen-bond donors (Lipinski definition) is 3. The van der Waals surface area contributed by atoms with Crippen molar-refractivity contribution >= 4 is 25.7 Å². The van der Waals surface area contributed by atoms with Gasteiger partial charge in [-0.1, -0.05) is 139 Å². The summed E-state index contributed by atoms with van der Waals surface area (Å²) >= 11 is 0. The molecule has 0 aliphatic heterocycles. The minimum Gasteiger partial charge on any atom is -0.480 e. The molecule has 4 N–H and O–H groups in total. The quantitative estimate of drug-likeness (QED) is 0.0233. The number of allylic oxidation sites excluding steroid dienone is 10. The lowest BCUT2D eigenvalue weighted by Crippen LogP contribution is -2.34. The van der Waals surface area contributed by atoms with Crippen LogP contribution in [0.3, 0.4) is 0 Å². The van der Waals surface area contributed by atoms with Crippen molar-refractivity contribution in [3.8, 4) is 0 Å². The molecule has 0 radical (unpaired) electrons. The van der Waals surface area contributed by atoms with E-state index in [2.05, 4.69) is 79.1 Å². The second-order valence-corrected chi connectivity index (χ2v) is 15.5. The SMILES string of the molecule is CC/C=C\C/C=C\C/C=C\C/C=C\CCCCC(=O)O[C@H](COC(=O)CCCCCCCCC/C=C\CCCCCCCC)COP(=O)(O)OC[C@H](N)C(=O)O. The summed E-state index contributed by atoms with van der Waals surface area (Å²) in [5, 5.41) is 8.88. The van der Waals surface area contributed by atoms with E-state index in [1.807, 2.05) is 0 Å². The van der Waals surface area contributed by atoms with Crippen LogP contribution in [0.25, 0.3) is 0 Å². The third-order valence-corrected chi connectivity index (χ3v) is 9.70. The molecular weight excluding hydrogens is 733 g/mol. The summed E-state index contributed by atoms with van der Waals surface area (Å²) in [6.45, 7) is 2.63. The molecule has 0 bridgehead atoms. The maximum Gasteiger partial charge on any atom is 0.472 e. The number of carbonyl (C=O) groups is 3. The summed E-state index contributed by atoms with van der Waals surface area (Å²) in [6, 6.07) is -1.53. The zero-order valence-electron chi connectivity index (χ0n) is 34.7. The van der Waals surface area contributed by atoms with Crippen LogP contribution in [-0.2, 0) is 37.5 Å². The molecule has 12 heteroatoms. The molecule has 0 aliphatic carbocycles. The Morgan fingerprint density at radius 1 is 0.571 bits per heavy atom. The molecule has 0 aliphatic rings. The van der Waals surface area contributed by atoms with Gasteiger partial charge in [-0.2, -0.15) is 0 Å². The predicted octanol–water partition coefficient (Wildman–Crippen LogP) is 11.2. The molecule has 0 amide bonds. The maximum atomic E-state index is 12.6. The molecule has 0 aromatic heterocycles. The Labute approximate surface area is 338 Å². The summed E-state index contributed by atoms with van der Waals surface area (Å²) in [4.78, 5) is 45.9. The summed E-state index contributed by atoms with van der Waals surface area (Å²) in [5.41, 5.74) is 5.32. The molecule has 3 atom stereocenters. The van der Waals surface area contributed by atoms with Gasteiger partial charge in [0.05, 0.1) is 13.2 Å². The van der Waals surface area contributed by atoms with Crippen LogP contribution in [-0.4, -0.2) is 59.9 Å². The first kappa shape index (κ1) is 53.2. The summed E-state index contributed by atoms with van der Waals surface area (Å²) in [5.74, 6) is -2.44. The Kier molecular flexibility index (Phi) is 37.1. The Morgan fingerprint density at radius 2 is 1.00 bits per heavy atom. The van der Waals surface area contributed by atoms with Crippen molar-refractivity contribution < 1.29 is 47.5 Å². The van der Waals surface area contributed by atoms with E-state index in [0.29, 0.717) is 12.8 Å². The molecule has 0 saturated heterocycles. The van der Waals surface area contributed by atoms with Crippen LogP contribution in [0, 0.1) is 0 Å². The number of unbranched alkanes of at least 4 members (excludes halogenated alkanes) is 15. The Bertz CT molecular complexity index is 1180. The minimum atomic E-state index is -4.73. The van der Waals surface area contributed by atoms with Gasteiger partial charge in [0.1, 0.15) is 12.6 Å². The van der Waals surface area contributed by atoms with Gasteiger partial charge < -0.3 is 25.2 Å². The van der Waals surface area contributed by atoms with Crippen molar-refractivity contribution in [2.75, 3.05) is 19.8 Å². The van der Waals surface area contributed by atoms with Crippen LogP contribution in [0.2, 0.25) is 0 Å². The number of carboxylic acid groups (broad SMARTS) is 1. The molecule has 0 spiro atoms. The molecule has 0 aromatic rings.